The van der Waals surface area contributed by atoms with Crippen molar-refractivity contribution in [1.82, 2.24) is 9.97 Å². The Hall–Kier alpha value is -1.69. The van der Waals surface area contributed by atoms with Crippen molar-refractivity contribution in [2.24, 2.45) is 0 Å². The van der Waals surface area contributed by atoms with Gasteiger partial charge in [-0.05, 0) is 0 Å². The van der Waals surface area contributed by atoms with Gasteiger partial charge in [0, 0.05) is 18.4 Å². The van der Waals surface area contributed by atoms with E-state index in [-0.39, 0.29) is 6.42 Å². The summed E-state index contributed by atoms with van der Waals surface area (Å²) in [5.41, 5.74) is 7.52. The van der Waals surface area contributed by atoms with Crippen LogP contribution in [0.2, 0.25) is 0 Å². The number of carboxylic acid groups (broad SMARTS) is 1. The summed E-state index contributed by atoms with van der Waals surface area (Å²) in [6.45, 7) is 1.07. The zero-order valence-corrected chi connectivity index (χ0v) is 8.77. The summed E-state index contributed by atoms with van der Waals surface area (Å²) < 4.78 is 5.27. The molecule has 0 fully saturated rings. The first kappa shape index (κ1) is 10.8. The lowest BCUT2D eigenvalue weighted by molar-refractivity contribution is -0.137. The SMILES string of the molecule is Nc1nc(CCC(=O)O)nc2c1CCOC2. The smallest absolute Gasteiger partial charge is 0.303 e. The van der Waals surface area contributed by atoms with E-state index in [1.54, 1.807) is 0 Å². The lowest BCUT2D eigenvalue weighted by Gasteiger charge is -2.17. The number of anilines is 1. The fourth-order valence-corrected chi connectivity index (χ4v) is 1.67. The fourth-order valence-electron chi connectivity index (χ4n) is 1.67. The second-order valence-corrected chi connectivity index (χ2v) is 3.65. The van der Waals surface area contributed by atoms with Crippen LogP contribution in [0.1, 0.15) is 23.5 Å². The van der Waals surface area contributed by atoms with Crippen molar-refractivity contribution in [3.05, 3.63) is 17.1 Å². The van der Waals surface area contributed by atoms with E-state index >= 15 is 0 Å². The topological polar surface area (TPSA) is 98.3 Å². The molecule has 6 heteroatoms. The summed E-state index contributed by atoms with van der Waals surface area (Å²) in [7, 11) is 0. The van der Waals surface area contributed by atoms with Crippen LogP contribution in [0.3, 0.4) is 0 Å². The Bertz CT molecular complexity index is 420. The van der Waals surface area contributed by atoms with Gasteiger partial charge in [0.1, 0.15) is 11.6 Å². The van der Waals surface area contributed by atoms with Gasteiger partial charge in [-0.25, -0.2) is 9.97 Å². The molecule has 0 radical (unpaired) electrons. The summed E-state index contributed by atoms with van der Waals surface area (Å²) in [6.07, 6.45) is 1.03. The standard InChI is InChI=1S/C10H13N3O3/c11-10-6-3-4-16-5-7(6)12-8(13-10)1-2-9(14)15/h1-5H2,(H,14,15)(H2,11,12,13). The Labute approximate surface area is 92.5 Å². The quantitative estimate of drug-likeness (QED) is 0.756. The van der Waals surface area contributed by atoms with E-state index in [0.29, 0.717) is 31.3 Å². The molecule has 1 aromatic rings. The van der Waals surface area contributed by atoms with Crippen LogP contribution in [-0.4, -0.2) is 27.7 Å². The number of carbonyl (C=O) groups is 1. The normalized spacial score (nSPS) is 14.5. The Morgan fingerprint density at radius 2 is 2.31 bits per heavy atom. The van der Waals surface area contributed by atoms with Gasteiger partial charge in [-0.2, -0.15) is 0 Å². The number of rotatable bonds is 3. The highest BCUT2D eigenvalue weighted by molar-refractivity contribution is 5.66. The van der Waals surface area contributed by atoms with Crippen LogP contribution in [0, 0.1) is 0 Å². The number of nitrogens with zero attached hydrogens (tertiary/aromatic N) is 2. The van der Waals surface area contributed by atoms with Gasteiger partial charge in [-0.3, -0.25) is 4.79 Å². The van der Waals surface area contributed by atoms with Crippen LogP contribution >= 0.6 is 0 Å². The molecular weight excluding hydrogens is 210 g/mol. The molecule has 3 N–H and O–H groups in total. The molecule has 0 atom stereocenters. The molecule has 0 bridgehead atoms. The van der Waals surface area contributed by atoms with Gasteiger partial charge in [-0.1, -0.05) is 0 Å². The molecule has 0 saturated heterocycles. The lowest BCUT2D eigenvalue weighted by atomic mass is 10.1. The van der Waals surface area contributed by atoms with Crippen molar-refractivity contribution >= 4 is 11.8 Å². The van der Waals surface area contributed by atoms with Crippen LogP contribution in [-0.2, 0) is 29.0 Å². The maximum atomic E-state index is 10.4. The number of aromatic nitrogens is 2. The van der Waals surface area contributed by atoms with E-state index in [1.807, 2.05) is 0 Å². The third-order valence-electron chi connectivity index (χ3n) is 2.47. The molecular formula is C10H13N3O3. The van der Waals surface area contributed by atoms with Crippen molar-refractivity contribution in [1.29, 1.82) is 0 Å². The van der Waals surface area contributed by atoms with Crippen LogP contribution in [0.25, 0.3) is 0 Å². The minimum Gasteiger partial charge on any atom is -0.481 e. The van der Waals surface area contributed by atoms with Gasteiger partial charge in [-0.15, -0.1) is 0 Å². The highest BCUT2D eigenvalue weighted by Crippen LogP contribution is 2.19. The number of ether oxygens (including phenoxy) is 1. The second-order valence-electron chi connectivity index (χ2n) is 3.65. The van der Waals surface area contributed by atoms with Gasteiger partial charge in [0.25, 0.3) is 0 Å². The molecule has 6 nitrogen and oxygen atoms in total. The van der Waals surface area contributed by atoms with Gasteiger partial charge >= 0.3 is 5.97 Å². The van der Waals surface area contributed by atoms with E-state index in [9.17, 15) is 4.79 Å². The number of fused-ring (bicyclic) bond motifs is 1. The summed E-state index contributed by atoms with van der Waals surface area (Å²) in [6, 6.07) is 0. The number of aryl methyl sites for hydroxylation is 1. The van der Waals surface area contributed by atoms with Crippen molar-refractivity contribution in [2.45, 2.75) is 25.9 Å². The van der Waals surface area contributed by atoms with E-state index in [2.05, 4.69) is 9.97 Å². The van der Waals surface area contributed by atoms with Crippen LogP contribution in [0.5, 0.6) is 0 Å². The third kappa shape index (κ3) is 2.27. The Balaban J connectivity index is 2.21. The van der Waals surface area contributed by atoms with E-state index in [0.717, 1.165) is 17.7 Å². The lowest BCUT2D eigenvalue weighted by Crippen LogP contribution is -2.17. The average Bonchev–Trinajstić information content (AvgIpc) is 2.26. The zero-order chi connectivity index (χ0) is 11.5. The van der Waals surface area contributed by atoms with Gasteiger partial charge in [0.15, 0.2) is 0 Å². The number of hydrogen-bond acceptors (Lipinski definition) is 5. The summed E-state index contributed by atoms with van der Waals surface area (Å²) >= 11 is 0. The van der Waals surface area contributed by atoms with Crippen LogP contribution < -0.4 is 5.73 Å². The Kier molecular flexibility index (Phi) is 3.00. The summed E-state index contributed by atoms with van der Waals surface area (Å²) in [4.78, 5) is 18.8. The van der Waals surface area contributed by atoms with Crippen LogP contribution in [0.4, 0.5) is 5.82 Å². The largest absolute Gasteiger partial charge is 0.481 e. The second kappa shape index (κ2) is 4.44. The molecule has 0 amide bonds. The molecule has 0 spiro atoms. The number of aliphatic carboxylic acids is 1. The number of hydrogen-bond donors (Lipinski definition) is 2. The monoisotopic (exact) mass is 223 g/mol. The Morgan fingerprint density at radius 1 is 1.50 bits per heavy atom. The molecule has 86 valence electrons. The molecule has 0 aromatic carbocycles. The molecule has 0 saturated carbocycles. The number of nitrogens with two attached hydrogens (primary N) is 1. The minimum absolute atomic E-state index is 0.0130. The fraction of sp³-hybridized carbons (Fsp3) is 0.500. The third-order valence-corrected chi connectivity index (χ3v) is 2.47. The highest BCUT2D eigenvalue weighted by Gasteiger charge is 2.16. The van der Waals surface area contributed by atoms with E-state index in [4.69, 9.17) is 15.6 Å². The van der Waals surface area contributed by atoms with E-state index in [1.165, 1.54) is 0 Å². The molecule has 0 unspecified atom stereocenters. The summed E-state index contributed by atoms with van der Waals surface area (Å²) in [5.74, 6) is 0.0639. The molecule has 0 aliphatic carbocycles. The van der Waals surface area contributed by atoms with Crippen molar-refractivity contribution in [3.8, 4) is 0 Å². The first-order valence-corrected chi connectivity index (χ1v) is 5.10. The minimum atomic E-state index is -0.865. The first-order chi connectivity index (χ1) is 7.66. The number of carboxylic acids is 1. The van der Waals surface area contributed by atoms with Crippen molar-refractivity contribution < 1.29 is 14.6 Å². The van der Waals surface area contributed by atoms with Gasteiger partial charge in [0.2, 0.25) is 0 Å². The maximum Gasteiger partial charge on any atom is 0.303 e. The molecule has 1 aromatic heterocycles. The predicted molar refractivity (Wildman–Crippen MR) is 55.8 cm³/mol. The zero-order valence-electron chi connectivity index (χ0n) is 8.77. The van der Waals surface area contributed by atoms with Gasteiger partial charge < -0.3 is 15.6 Å². The van der Waals surface area contributed by atoms with Crippen LogP contribution in [0.15, 0.2) is 0 Å². The average molecular weight is 223 g/mol. The number of nitrogen functional groups attached to an aromatic ring is 1. The van der Waals surface area contributed by atoms with Gasteiger partial charge in [0.05, 0.1) is 25.3 Å². The first-order valence-electron chi connectivity index (χ1n) is 5.10. The molecule has 1 aliphatic heterocycles. The van der Waals surface area contributed by atoms with Crippen molar-refractivity contribution in [3.63, 3.8) is 0 Å². The van der Waals surface area contributed by atoms with Crippen molar-refractivity contribution in [2.75, 3.05) is 12.3 Å². The highest BCUT2D eigenvalue weighted by atomic mass is 16.5. The molecule has 16 heavy (non-hydrogen) atoms. The molecule has 2 heterocycles. The maximum absolute atomic E-state index is 10.4. The predicted octanol–water partition coefficient (Wildman–Crippen LogP) is 0.149. The Morgan fingerprint density at radius 3 is 3.06 bits per heavy atom. The van der Waals surface area contributed by atoms with E-state index < -0.39 is 5.97 Å². The summed E-state index contributed by atoms with van der Waals surface area (Å²) in [5, 5.41) is 8.57. The molecule has 2 rings (SSSR count). The molecule has 1 aliphatic rings.